The van der Waals surface area contributed by atoms with E-state index in [1.54, 1.807) is 0 Å². The molecule has 0 aliphatic heterocycles. The average Bonchev–Trinajstić information content (AvgIpc) is 2.70. The Labute approximate surface area is 120 Å². The third kappa shape index (κ3) is 2.62. The van der Waals surface area contributed by atoms with Crippen LogP contribution in [0.5, 0.6) is 0 Å². The van der Waals surface area contributed by atoms with Crippen LogP contribution in [0.2, 0.25) is 0 Å². The molecule has 1 aliphatic rings. The summed E-state index contributed by atoms with van der Waals surface area (Å²) in [5, 5.41) is 9.33. The normalized spacial score (nSPS) is 25.7. The van der Waals surface area contributed by atoms with E-state index < -0.39 is 11.9 Å². The second-order valence-electron chi connectivity index (χ2n) is 6.27. The summed E-state index contributed by atoms with van der Waals surface area (Å²) in [5.74, 6) is -1.43. The van der Waals surface area contributed by atoms with Gasteiger partial charge in [-0.1, -0.05) is 24.6 Å². The van der Waals surface area contributed by atoms with Gasteiger partial charge in [0.25, 0.3) is 0 Å². The van der Waals surface area contributed by atoms with Crippen LogP contribution in [0.4, 0.5) is 0 Å². The predicted molar refractivity (Wildman–Crippen MR) is 78.0 cm³/mol. The lowest BCUT2D eigenvalue weighted by molar-refractivity contribution is -0.142. The lowest BCUT2D eigenvalue weighted by Crippen LogP contribution is -2.26. The molecule has 0 heterocycles. The SMILES string of the molecule is Cc1cc(C)c(C(=O)C2CC(C)CC2C(=O)O)c(C)c1. The summed E-state index contributed by atoms with van der Waals surface area (Å²) in [6.07, 6.45) is 1.29. The summed E-state index contributed by atoms with van der Waals surface area (Å²) >= 11 is 0. The summed E-state index contributed by atoms with van der Waals surface area (Å²) in [6.45, 7) is 7.90. The lowest BCUT2D eigenvalue weighted by Gasteiger charge is -2.18. The molecule has 0 spiro atoms. The molecule has 0 bridgehead atoms. The second-order valence-corrected chi connectivity index (χ2v) is 6.27. The van der Waals surface area contributed by atoms with Gasteiger partial charge in [0.2, 0.25) is 0 Å². The predicted octanol–water partition coefficient (Wildman–Crippen LogP) is 3.54. The monoisotopic (exact) mass is 274 g/mol. The van der Waals surface area contributed by atoms with Gasteiger partial charge in [-0.2, -0.15) is 0 Å². The minimum atomic E-state index is -0.838. The van der Waals surface area contributed by atoms with E-state index in [0.717, 1.165) is 22.3 Å². The van der Waals surface area contributed by atoms with E-state index in [1.165, 1.54) is 0 Å². The molecule has 2 rings (SSSR count). The van der Waals surface area contributed by atoms with E-state index >= 15 is 0 Å². The van der Waals surface area contributed by atoms with Crippen molar-refractivity contribution in [2.75, 3.05) is 0 Å². The summed E-state index contributed by atoms with van der Waals surface area (Å²) in [7, 11) is 0. The highest BCUT2D eigenvalue weighted by Crippen LogP contribution is 2.39. The highest BCUT2D eigenvalue weighted by Gasteiger charge is 2.41. The van der Waals surface area contributed by atoms with Crippen molar-refractivity contribution < 1.29 is 14.7 Å². The maximum absolute atomic E-state index is 12.8. The molecular formula is C17H22O3. The van der Waals surface area contributed by atoms with Crippen LogP contribution < -0.4 is 0 Å². The van der Waals surface area contributed by atoms with Gasteiger partial charge in [0.15, 0.2) is 5.78 Å². The Morgan fingerprint density at radius 3 is 2.05 bits per heavy atom. The molecule has 3 nitrogen and oxygen atoms in total. The highest BCUT2D eigenvalue weighted by molar-refractivity contribution is 6.02. The topological polar surface area (TPSA) is 54.4 Å². The summed E-state index contributed by atoms with van der Waals surface area (Å²) in [6, 6.07) is 3.99. The van der Waals surface area contributed by atoms with Crippen molar-refractivity contribution >= 4 is 11.8 Å². The van der Waals surface area contributed by atoms with E-state index in [-0.39, 0.29) is 11.7 Å². The molecule has 3 atom stereocenters. The van der Waals surface area contributed by atoms with Crippen molar-refractivity contribution in [2.45, 2.75) is 40.5 Å². The third-order valence-electron chi connectivity index (χ3n) is 4.38. The van der Waals surface area contributed by atoms with Crippen molar-refractivity contribution in [1.29, 1.82) is 0 Å². The van der Waals surface area contributed by atoms with E-state index in [4.69, 9.17) is 0 Å². The number of carboxylic acids is 1. The summed E-state index contributed by atoms with van der Waals surface area (Å²) in [5.41, 5.74) is 3.76. The number of rotatable bonds is 3. The van der Waals surface area contributed by atoms with Crippen LogP contribution in [-0.4, -0.2) is 16.9 Å². The first-order valence-electron chi connectivity index (χ1n) is 7.16. The van der Waals surface area contributed by atoms with Crippen molar-refractivity contribution in [3.8, 4) is 0 Å². The van der Waals surface area contributed by atoms with Crippen LogP contribution in [0.3, 0.4) is 0 Å². The van der Waals surface area contributed by atoms with E-state index in [0.29, 0.717) is 18.8 Å². The number of carboxylic acid groups (broad SMARTS) is 1. The number of ketones is 1. The molecule has 1 N–H and O–H groups in total. The molecule has 1 saturated carbocycles. The molecule has 108 valence electrons. The molecule has 0 saturated heterocycles. The minimum absolute atomic E-state index is 0.0109. The zero-order valence-electron chi connectivity index (χ0n) is 12.6. The molecule has 0 aromatic heterocycles. The Balaban J connectivity index is 2.39. The molecule has 0 amide bonds. The van der Waals surface area contributed by atoms with E-state index in [1.807, 2.05) is 39.8 Å². The van der Waals surface area contributed by atoms with Gasteiger partial charge in [0.05, 0.1) is 5.92 Å². The van der Waals surface area contributed by atoms with Crippen molar-refractivity contribution in [3.05, 3.63) is 34.4 Å². The van der Waals surface area contributed by atoms with Crippen molar-refractivity contribution in [2.24, 2.45) is 17.8 Å². The van der Waals surface area contributed by atoms with E-state index in [2.05, 4.69) is 0 Å². The van der Waals surface area contributed by atoms with Gasteiger partial charge in [-0.15, -0.1) is 0 Å². The summed E-state index contributed by atoms with van der Waals surface area (Å²) in [4.78, 5) is 24.2. The summed E-state index contributed by atoms with van der Waals surface area (Å²) < 4.78 is 0. The number of carbonyl (C=O) groups excluding carboxylic acids is 1. The van der Waals surface area contributed by atoms with Gasteiger partial charge in [0.1, 0.15) is 0 Å². The second kappa shape index (κ2) is 5.39. The average molecular weight is 274 g/mol. The zero-order chi connectivity index (χ0) is 15.0. The highest BCUT2D eigenvalue weighted by atomic mass is 16.4. The molecule has 3 unspecified atom stereocenters. The Hall–Kier alpha value is -1.64. The Morgan fingerprint density at radius 2 is 1.55 bits per heavy atom. The first kappa shape index (κ1) is 14.8. The van der Waals surface area contributed by atoms with Crippen LogP contribution in [0.1, 0.15) is 46.8 Å². The number of aliphatic carboxylic acids is 1. The van der Waals surface area contributed by atoms with Gasteiger partial charge in [-0.3, -0.25) is 9.59 Å². The van der Waals surface area contributed by atoms with Crippen LogP contribution >= 0.6 is 0 Å². The maximum atomic E-state index is 12.8. The fourth-order valence-corrected chi connectivity index (χ4v) is 3.61. The third-order valence-corrected chi connectivity index (χ3v) is 4.38. The van der Waals surface area contributed by atoms with Gasteiger partial charge in [0, 0.05) is 11.5 Å². The lowest BCUT2D eigenvalue weighted by atomic mass is 9.84. The van der Waals surface area contributed by atoms with Crippen LogP contribution in [-0.2, 0) is 4.79 Å². The number of hydrogen-bond donors (Lipinski definition) is 1. The first-order valence-corrected chi connectivity index (χ1v) is 7.16. The van der Waals surface area contributed by atoms with Gasteiger partial charge in [-0.25, -0.2) is 0 Å². The fourth-order valence-electron chi connectivity index (χ4n) is 3.61. The van der Waals surface area contributed by atoms with Crippen LogP contribution in [0.15, 0.2) is 12.1 Å². The smallest absolute Gasteiger partial charge is 0.307 e. The number of hydrogen-bond acceptors (Lipinski definition) is 2. The fraction of sp³-hybridized carbons (Fsp3) is 0.529. The zero-order valence-corrected chi connectivity index (χ0v) is 12.6. The van der Waals surface area contributed by atoms with Crippen LogP contribution in [0.25, 0.3) is 0 Å². The molecule has 1 aromatic rings. The van der Waals surface area contributed by atoms with Crippen molar-refractivity contribution in [1.82, 2.24) is 0 Å². The van der Waals surface area contributed by atoms with Crippen molar-refractivity contribution in [3.63, 3.8) is 0 Å². The molecule has 1 fully saturated rings. The van der Waals surface area contributed by atoms with Gasteiger partial charge >= 0.3 is 5.97 Å². The minimum Gasteiger partial charge on any atom is -0.481 e. The molecular weight excluding hydrogens is 252 g/mol. The Morgan fingerprint density at radius 1 is 1.05 bits per heavy atom. The Kier molecular flexibility index (Phi) is 3.98. The quantitative estimate of drug-likeness (QED) is 0.858. The number of aryl methyl sites for hydroxylation is 3. The maximum Gasteiger partial charge on any atom is 0.307 e. The standard InChI is InChI=1S/C17H22O3/c1-9-5-11(3)15(12(4)6-9)16(18)13-7-10(2)8-14(13)17(19)20/h5-6,10,13-14H,7-8H2,1-4H3,(H,19,20). The first-order chi connectivity index (χ1) is 9.31. The molecule has 3 heteroatoms. The number of carbonyl (C=O) groups is 2. The number of Topliss-reactive ketones (excluding diaryl/α,β-unsaturated/α-hetero) is 1. The number of benzene rings is 1. The largest absolute Gasteiger partial charge is 0.481 e. The molecule has 0 radical (unpaired) electrons. The Bertz CT molecular complexity index is 536. The molecule has 1 aliphatic carbocycles. The van der Waals surface area contributed by atoms with Gasteiger partial charge in [-0.05, 0) is 50.7 Å². The van der Waals surface area contributed by atoms with Crippen LogP contribution in [0, 0.1) is 38.5 Å². The van der Waals surface area contributed by atoms with E-state index in [9.17, 15) is 14.7 Å². The molecule has 20 heavy (non-hydrogen) atoms. The van der Waals surface area contributed by atoms with Gasteiger partial charge < -0.3 is 5.11 Å². The molecule has 1 aromatic carbocycles.